The van der Waals surface area contributed by atoms with Gasteiger partial charge in [0.15, 0.2) is 0 Å². The number of amides is 1. The molecule has 2 aromatic rings. The summed E-state index contributed by atoms with van der Waals surface area (Å²) in [5, 5.41) is 0. The van der Waals surface area contributed by atoms with Gasteiger partial charge in [-0.2, -0.15) is 0 Å². The zero-order valence-electron chi connectivity index (χ0n) is 15.6. The van der Waals surface area contributed by atoms with Gasteiger partial charge < -0.3 is 9.80 Å². The van der Waals surface area contributed by atoms with Crippen molar-refractivity contribution in [1.29, 1.82) is 0 Å². The summed E-state index contributed by atoms with van der Waals surface area (Å²) in [6.07, 6.45) is 4.27. The molecule has 5 nitrogen and oxygen atoms in total. The summed E-state index contributed by atoms with van der Waals surface area (Å²) in [6.45, 7) is 3.37. The summed E-state index contributed by atoms with van der Waals surface area (Å²) in [7, 11) is 3.81. The van der Waals surface area contributed by atoms with Crippen LogP contribution in [0.5, 0.6) is 0 Å². The van der Waals surface area contributed by atoms with Crippen molar-refractivity contribution in [3.8, 4) is 11.1 Å². The number of piperidine rings is 1. The Labute approximate surface area is 153 Å². The molecule has 1 aromatic heterocycles. The standard InChI is InChI=1S/C20H25FN4O/c1-4-18(26)25-11-5-6-15(13-25)19-17(12-22-20(23-19)24(2)3)14-7-9-16(21)10-8-14/h7-10,12,15H,4-6,11,13H2,1-3H3/t15-/m0/s1. The first kappa shape index (κ1) is 18.3. The van der Waals surface area contributed by atoms with Crippen molar-refractivity contribution in [1.82, 2.24) is 14.9 Å². The van der Waals surface area contributed by atoms with Crippen LogP contribution in [0.2, 0.25) is 0 Å². The van der Waals surface area contributed by atoms with Gasteiger partial charge in [-0.25, -0.2) is 14.4 Å². The molecule has 1 aromatic carbocycles. The Kier molecular flexibility index (Phi) is 5.49. The molecule has 0 saturated carbocycles. The number of benzene rings is 1. The third kappa shape index (κ3) is 3.84. The molecule has 0 radical (unpaired) electrons. The van der Waals surface area contributed by atoms with E-state index < -0.39 is 0 Å². The van der Waals surface area contributed by atoms with E-state index in [-0.39, 0.29) is 17.6 Å². The van der Waals surface area contributed by atoms with Gasteiger partial charge in [-0.05, 0) is 30.5 Å². The molecule has 2 heterocycles. The number of carbonyl (C=O) groups excluding carboxylic acids is 1. The molecule has 0 unspecified atom stereocenters. The number of hydrogen-bond acceptors (Lipinski definition) is 4. The van der Waals surface area contributed by atoms with Crippen LogP contribution in [0.4, 0.5) is 10.3 Å². The maximum absolute atomic E-state index is 13.3. The fourth-order valence-electron chi connectivity index (χ4n) is 3.41. The minimum Gasteiger partial charge on any atom is -0.347 e. The topological polar surface area (TPSA) is 49.3 Å². The number of carbonyl (C=O) groups is 1. The molecule has 3 rings (SSSR count). The van der Waals surface area contributed by atoms with Gasteiger partial charge in [0.2, 0.25) is 11.9 Å². The Bertz CT molecular complexity index is 776. The highest BCUT2D eigenvalue weighted by molar-refractivity contribution is 5.76. The normalized spacial score (nSPS) is 17.2. The molecular weight excluding hydrogens is 331 g/mol. The van der Waals surface area contributed by atoms with Crippen LogP contribution in [-0.4, -0.2) is 48.0 Å². The molecule has 1 saturated heterocycles. The van der Waals surface area contributed by atoms with Gasteiger partial charge in [0.25, 0.3) is 0 Å². The van der Waals surface area contributed by atoms with Gasteiger partial charge in [0, 0.05) is 51.3 Å². The molecule has 0 aliphatic carbocycles. The summed E-state index contributed by atoms with van der Waals surface area (Å²) in [6, 6.07) is 6.41. The summed E-state index contributed by atoms with van der Waals surface area (Å²) in [5.74, 6) is 0.712. The second-order valence-corrected chi connectivity index (χ2v) is 6.90. The summed E-state index contributed by atoms with van der Waals surface area (Å²) < 4.78 is 13.3. The zero-order chi connectivity index (χ0) is 18.7. The van der Waals surface area contributed by atoms with Crippen LogP contribution in [0.3, 0.4) is 0 Å². The van der Waals surface area contributed by atoms with Gasteiger partial charge >= 0.3 is 0 Å². The molecular formula is C20H25FN4O. The first-order valence-corrected chi connectivity index (χ1v) is 9.07. The average molecular weight is 356 g/mol. The average Bonchev–Trinajstić information content (AvgIpc) is 2.67. The highest BCUT2D eigenvalue weighted by Gasteiger charge is 2.27. The molecule has 138 valence electrons. The SMILES string of the molecule is CCC(=O)N1CCC[C@H](c2nc(N(C)C)ncc2-c2ccc(F)cc2)C1. The van der Waals surface area contributed by atoms with E-state index in [2.05, 4.69) is 4.98 Å². The van der Waals surface area contributed by atoms with Crippen LogP contribution >= 0.6 is 0 Å². The van der Waals surface area contributed by atoms with Crippen LogP contribution in [0.1, 0.15) is 37.8 Å². The summed E-state index contributed by atoms with van der Waals surface area (Å²) >= 11 is 0. The highest BCUT2D eigenvalue weighted by Crippen LogP contribution is 2.34. The molecule has 26 heavy (non-hydrogen) atoms. The zero-order valence-corrected chi connectivity index (χ0v) is 15.6. The monoisotopic (exact) mass is 356 g/mol. The van der Waals surface area contributed by atoms with Crippen molar-refractivity contribution in [3.63, 3.8) is 0 Å². The van der Waals surface area contributed by atoms with Crippen LogP contribution in [0.25, 0.3) is 11.1 Å². The lowest BCUT2D eigenvalue weighted by Gasteiger charge is -2.33. The van der Waals surface area contributed by atoms with E-state index in [9.17, 15) is 9.18 Å². The number of likely N-dealkylation sites (tertiary alicyclic amines) is 1. The largest absolute Gasteiger partial charge is 0.347 e. The fraction of sp³-hybridized carbons (Fsp3) is 0.450. The lowest BCUT2D eigenvalue weighted by atomic mass is 9.90. The molecule has 0 spiro atoms. The van der Waals surface area contributed by atoms with Gasteiger partial charge in [0.1, 0.15) is 5.82 Å². The summed E-state index contributed by atoms with van der Waals surface area (Å²) in [5.41, 5.74) is 2.74. The minimum atomic E-state index is -0.265. The van der Waals surface area contributed by atoms with Crippen molar-refractivity contribution in [2.75, 3.05) is 32.1 Å². The van der Waals surface area contributed by atoms with E-state index in [0.717, 1.165) is 36.2 Å². The summed E-state index contributed by atoms with van der Waals surface area (Å²) in [4.78, 5) is 25.2. The maximum Gasteiger partial charge on any atom is 0.225 e. The predicted octanol–water partition coefficient (Wildman–Crippen LogP) is 3.46. The second kappa shape index (κ2) is 7.81. The third-order valence-electron chi connectivity index (χ3n) is 4.82. The van der Waals surface area contributed by atoms with Crippen molar-refractivity contribution in [2.45, 2.75) is 32.1 Å². The van der Waals surface area contributed by atoms with E-state index in [1.54, 1.807) is 12.1 Å². The molecule has 1 amide bonds. The number of hydrogen-bond donors (Lipinski definition) is 0. The van der Waals surface area contributed by atoms with Crippen molar-refractivity contribution in [2.24, 2.45) is 0 Å². The van der Waals surface area contributed by atoms with Gasteiger partial charge in [0.05, 0.1) is 5.69 Å². The predicted molar refractivity (Wildman–Crippen MR) is 101 cm³/mol. The van der Waals surface area contributed by atoms with Crippen LogP contribution in [0.15, 0.2) is 30.5 Å². The molecule has 0 bridgehead atoms. The van der Waals surface area contributed by atoms with Crippen molar-refractivity contribution < 1.29 is 9.18 Å². The lowest BCUT2D eigenvalue weighted by molar-refractivity contribution is -0.132. The molecule has 1 atom stereocenters. The number of rotatable bonds is 4. The van der Waals surface area contributed by atoms with Crippen LogP contribution in [-0.2, 0) is 4.79 Å². The molecule has 1 fully saturated rings. The maximum atomic E-state index is 13.3. The van der Waals surface area contributed by atoms with Crippen LogP contribution < -0.4 is 4.90 Å². The van der Waals surface area contributed by atoms with E-state index >= 15 is 0 Å². The number of halogens is 1. The minimum absolute atomic E-state index is 0.154. The Morgan fingerprint density at radius 3 is 2.69 bits per heavy atom. The Balaban J connectivity index is 2.01. The second-order valence-electron chi connectivity index (χ2n) is 6.90. The Morgan fingerprint density at radius 2 is 2.04 bits per heavy atom. The van der Waals surface area contributed by atoms with Crippen molar-refractivity contribution >= 4 is 11.9 Å². The van der Waals surface area contributed by atoms with E-state index in [4.69, 9.17) is 4.98 Å². The smallest absolute Gasteiger partial charge is 0.225 e. The van der Waals surface area contributed by atoms with E-state index in [1.807, 2.05) is 37.0 Å². The van der Waals surface area contributed by atoms with Crippen LogP contribution in [0, 0.1) is 5.82 Å². The quantitative estimate of drug-likeness (QED) is 0.842. The highest BCUT2D eigenvalue weighted by atomic mass is 19.1. The Morgan fingerprint density at radius 1 is 1.31 bits per heavy atom. The van der Waals surface area contributed by atoms with Crippen molar-refractivity contribution in [3.05, 3.63) is 42.0 Å². The number of anilines is 1. The van der Waals surface area contributed by atoms with E-state index in [1.165, 1.54) is 12.1 Å². The number of nitrogens with zero attached hydrogens (tertiary/aromatic N) is 4. The Hall–Kier alpha value is -2.50. The molecule has 0 N–H and O–H groups in total. The fourth-order valence-corrected chi connectivity index (χ4v) is 3.41. The lowest BCUT2D eigenvalue weighted by Crippen LogP contribution is -2.39. The first-order chi connectivity index (χ1) is 12.5. The molecule has 1 aliphatic rings. The van der Waals surface area contributed by atoms with Gasteiger partial charge in [-0.3, -0.25) is 4.79 Å². The number of aromatic nitrogens is 2. The van der Waals surface area contributed by atoms with Gasteiger partial charge in [-0.1, -0.05) is 19.1 Å². The molecule has 6 heteroatoms. The third-order valence-corrected chi connectivity index (χ3v) is 4.82. The first-order valence-electron chi connectivity index (χ1n) is 9.07. The van der Waals surface area contributed by atoms with Gasteiger partial charge in [-0.15, -0.1) is 0 Å². The molecule has 1 aliphatic heterocycles. The van der Waals surface area contributed by atoms with E-state index in [0.29, 0.717) is 18.9 Å².